The highest BCUT2D eigenvalue weighted by atomic mass is 16.5. The quantitative estimate of drug-likeness (QED) is 0.774. The molecule has 0 atom stereocenters. The van der Waals surface area contributed by atoms with Crippen molar-refractivity contribution in [3.63, 3.8) is 0 Å². The summed E-state index contributed by atoms with van der Waals surface area (Å²) >= 11 is 0. The molecule has 132 valence electrons. The van der Waals surface area contributed by atoms with Crippen LogP contribution >= 0.6 is 0 Å². The zero-order chi connectivity index (χ0) is 17.7. The van der Waals surface area contributed by atoms with Gasteiger partial charge in [-0.3, -0.25) is 4.90 Å². The van der Waals surface area contributed by atoms with Gasteiger partial charge >= 0.3 is 0 Å². The van der Waals surface area contributed by atoms with E-state index in [-0.39, 0.29) is 5.41 Å². The maximum atomic E-state index is 5.37. The second-order valence-electron chi connectivity index (χ2n) is 6.76. The molecule has 24 heavy (non-hydrogen) atoms. The predicted octanol–water partition coefficient (Wildman–Crippen LogP) is 3.41. The highest BCUT2D eigenvalue weighted by Crippen LogP contribution is 2.28. The Morgan fingerprint density at radius 3 is 2.33 bits per heavy atom. The number of nitrogens with zero attached hydrogens (tertiary/aromatic N) is 3. The topological polar surface area (TPSA) is 60.6 Å². The third-order valence-electron chi connectivity index (χ3n) is 3.78. The lowest BCUT2D eigenvalue weighted by Crippen LogP contribution is -2.23. The summed E-state index contributed by atoms with van der Waals surface area (Å²) in [5.74, 6) is 2.85. The first kappa shape index (κ1) is 18.3. The second-order valence-corrected chi connectivity index (χ2v) is 6.76. The van der Waals surface area contributed by atoms with E-state index in [0.717, 1.165) is 30.2 Å². The standard InChI is InChI=1S/C18H27N3O3/c1-7-21(12-16-19-17(24-20-16)18(2,3)4)11-13-8-9-14(22-5)15(10-13)23-6/h8-10H,7,11-12H2,1-6H3. The summed E-state index contributed by atoms with van der Waals surface area (Å²) in [6.07, 6.45) is 0. The fourth-order valence-corrected chi connectivity index (χ4v) is 2.34. The van der Waals surface area contributed by atoms with E-state index in [9.17, 15) is 0 Å². The highest BCUT2D eigenvalue weighted by Gasteiger charge is 2.22. The molecule has 1 heterocycles. The van der Waals surface area contributed by atoms with E-state index in [1.54, 1.807) is 14.2 Å². The molecule has 1 aromatic heterocycles. The molecule has 0 fully saturated rings. The van der Waals surface area contributed by atoms with Gasteiger partial charge in [0.05, 0.1) is 20.8 Å². The SMILES string of the molecule is CCN(Cc1ccc(OC)c(OC)c1)Cc1noc(C(C)(C)C)n1. The maximum absolute atomic E-state index is 5.37. The molecule has 0 saturated carbocycles. The Morgan fingerprint density at radius 1 is 1.08 bits per heavy atom. The number of hydrogen-bond acceptors (Lipinski definition) is 6. The third kappa shape index (κ3) is 4.47. The van der Waals surface area contributed by atoms with Crippen molar-refractivity contribution in [3.8, 4) is 11.5 Å². The van der Waals surface area contributed by atoms with Crippen molar-refractivity contribution in [3.05, 3.63) is 35.5 Å². The Kier molecular flexibility index (Phi) is 5.83. The molecule has 0 bridgehead atoms. The van der Waals surface area contributed by atoms with Crippen LogP contribution < -0.4 is 9.47 Å². The normalized spacial score (nSPS) is 11.8. The van der Waals surface area contributed by atoms with Gasteiger partial charge in [-0.2, -0.15) is 4.98 Å². The molecule has 6 nitrogen and oxygen atoms in total. The van der Waals surface area contributed by atoms with Gasteiger partial charge in [-0.1, -0.05) is 38.9 Å². The molecule has 6 heteroatoms. The number of ether oxygens (including phenoxy) is 2. The van der Waals surface area contributed by atoms with Gasteiger partial charge in [0, 0.05) is 12.0 Å². The summed E-state index contributed by atoms with van der Waals surface area (Å²) < 4.78 is 16.0. The minimum atomic E-state index is -0.133. The van der Waals surface area contributed by atoms with Gasteiger partial charge in [0.15, 0.2) is 17.3 Å². The van der Waals surface area contributed by atoms with Crippen LogP contribution in [0.5, 0.6) is 11.5 Å². The fraction of sp³-hybridized carbons (Fsp3) is 0.556. The first-order valence-corrected chi connectivity index (χ1v) is 8.13. The first-order chi connectivity index (χ1) is 11.4. The molecule has 0 aliphatic carbocycles. The van der Waals surface area contributed by atoms with Crippen LogP contribution in [0.3, 0.4) is 0 Å². The van der Waals surface area contributed by atoms with Crippen molar-refractivity contribution in [1.82, 2.24) is 15.0 Å². The lowest BCUT2D eigenvalue weighted by atomic mass is 9.97. The largest absolute Gasteiger partial charge is 0.493 e. The van der Waals surface area contributed by atoms with Gasteiger partial charge in [-0.15, -0.1) is 0 Å². The van der Waals surface area contributed by atoms with Gasteiger partial charge in [-0.25, -0.2) is 0 Å². The van der Waals surface area contributed by atoms with E-state index < -0.39 is 0 Å². The van der Waals surface area contributed by atoms with E-state index in [1.165, 1.54) is 0 Å². The van der Waals surface area contributed by atoms with Crippen LogP contribution in [0.2, 0.25) is 0 Å². The average Bonchev–Trinajstić information content (AvgIpc) is 3.02. The van der Waals surface area contributed by atoms with Gasteiger partial charge in [0.25, 0.3) is 0 Å². The smallest absolute Gasteiger partial charge is 0.232 e. The Morgan fingerprint density at radius 2 is 1.79 bits per heavy atom. The van der Waals surface area contributed by atoms with Crippen LogP contribution in [0.15, 0.2) is 22.7 Å². The molecule has 0 saturated heterocycles. The molecule has 0 amide bonds. The summed E-state index contributed by atoms with van der Waals surface area (Å²) in [5.41, 5.74) is 1.01. The Balaban J connectivity index is 2.08. The molecular formula is C18H27N3O3. The minimum Gasteiger partial charge on any atom is -0.493 e. The number of benzene rings is 1. The van der Waals surface area contributed by atoms with Crippen molar-refractivity contribution in [2.24, 2.45) is 0 Å². The number of rotatable bonds is 7. The van der Waals surface area contributed by atoms with Crippen LogP contribution in [0.25, 0.3) is 0 Å². The molecule has 1 aromatic carbocycles. The van der Waals surface area contributed by atoms with Crippen molar-refractivity contribution < 1.29 is 14.0 Å². The van der Waals surface area contributed by atoms with Crippen LogP contribution in [0, 0.1) is 0 Å². The van der Waals surface area contributed by atoms with E-state index in [4.69, 9.17) is 14.0 Å². The van der Waals surface area contributed by atoms with Gasteiger partial charge in [-0.05, 0) is 24.2 Å². The van der Waals surface area contributed by atoms with Crippen LogP contribution in [-0.4, -0.2) is 35.8 Å². The Labute approximate surface area is 143 Å². The highest BCUT2D eigenvalue weighted by molar-refractivity contribution is 5.42. The number of methoxy groups -OCH3 is 2. The first-order valence-electron chi connectivity index (χ1n) is 8.13. The Hall–Kier alpha value is -2.08. The summed E-state index contributed by atoms with van der Waals surface area (Å²) in [5, 5.41) is 4.10. The summed E-state index contributed by atoms with van der Waals surface area (Å²) in [7, 11) is 3.28. The zero-order valence-electron chi connectivity index (χ0n) is 15.4. The summed E-state index contributed by atoms with van der Waals surface area (Å²) in [4.78, 5) is 6.76. The van der Waals surface area contributed by atoms with Crippen molar-refractivity contribution in [1.29, 1.82) is 0 Å². The molecule has 0 radical (unpaired) electrons. The van der Waals surface area contributed by atoms with E-state index in [2.05, 4.69) is 42.7 Å². The Bertz CT molecular complexity index is 662. The van der Waals surface area contributed by atoms with Gasteiger partial charge in [0.1, 0.15) is 0 Å². The molecule has 0 aliphatic heterocycles. The summed E-state index contributed by atoms with van der Waals surface area (Å²) in [6, 6.07) is 5.97. The average molecular weight is 333 g/mol. The van der Waals surface area contributed by atoms with Crippen molar-refractivity contribution in [2.45, 2.75) is 46.2 Å². The van der Waals surface area contributed by atoms with Crippen LogP contribution in [0.1, 0.15) is 45.0 Å². The molecule has 0 aliphatic rings. The third-order valence-corrected chi connectivity index (χ3v) is 3.78. The monoisotopic (exact) mass is 333 g/mol. The maximum Gasteiger partial charge on any atom is 0.232 e. The predicted molar refractivity (Wildman–Crippen MR) is 92.3 cm³/mol. The fourth-order valence-electron chi connectivity index (χ4n) is 2.34. The van der Waals surface area contributed by atoms with Crippen molar-refractivity contribution in [2.75, 3.05) is 20.8 Å². The van der Waals surface area contributed by atoms with Crippen molar-refractivity contribution >= 4 is 0 Å². The van der Waals surface area contributed by atoms with E-state index in [1.807, 2.05) is 18.2 Å². The zero-order valence-corrected chi connectivity index (χ0v) is 15.4. The van der Waals surface area contributed by atoms with E-state index >= 15 is 0 Å². The summed E-state index contributed by atoms with van der Waals surface area (Å²) in [6.45, 7) is 10.6. The van der Waals surface area contributed by atoms with E-state index in [0.29, 0.717) is 18.3 Å². The lowest BCUT2D eigenvalue weighted by molar-refractivity contribution is 0.256. The molecule has 0 unspecified atom stereocenters. The number of aromatic nitrogens is 2. The molecule has 0 N–H and O–H groups in total. The molecule has 0 spiro atoms. The molecule has 2 aromatic rings. The molecular weight excluding hydrogens is 306 g/mol. The van der Waals surface area contributed by atoms with Gasteiger partial charge < -0.3 is 14.0 Å². The number of hydrogen-bond donors (Lipinski definition) is 0. The van der Waals surface area contributed by atoms with Gasteiger partial charge in [0.2, 0.25) is 5.89 Å². The lowest BCUT2D eigenvalue weighted by Gasteiger charge is -2.19. The van der Waals surface area contributed by atoms with Crippen LogP contribution in [-0.2, 0) is 18.5 Å². The molecule has 2 rings (SSSR count). The van der Waals surface area contributed by atoms with Crippen LogP contribution in [0.4, 0.5) is 0 Å². The minimum absolute atomic E-state index is 0.133. The second kappa shape index (κ2) is 7.66.